The van der Waals surface area contributed by atoms with E-state index in [1.54, 1.807) is 17.4 Å². The number of ether oxygens (including phenoxy) is 2. The zero-order chi connectivity index (χ0) is 29.5. The molecule has 0 saturated carbocycles. The number of aromatic amines is 1. The molecule has 6 rings (SSSR count). The Bertz CT molecular complexity index is 1700. The van der Waals surface area contributed by atoms with Gasteiger partial charge < -0.3 is 19.9 Å². The number of benzene rings is 2. The van der Waals surface area contributed by atoms with Crippen LogP contribution in [0.2, 0.25) is 0 Å². The predicted octanol–water partition coefficient (Wildman–Crippen LogP) is 5.61. The molecule has 2 aliphatic heterocycles. The van der Waals surface area contributed by atoms with Gasteiger partial charge in [0.1, 0.15) is 11.9 Å². The first kappa shape index (κ1) is 28.3. The number of carbonyl (C=O) groups is 1. The highest BCUT2D eigenvalue weighted by Gasteiger charge is 2.30. The van der Waals surface area contributed by atoms with Gasteiger partial charge in [-0.05, 0) is 85.0 Å². The Morgan fingerprint density at radius 3 is 2.83 bits per heavy atom. The lowest BCUT2D eigenvalue weighted by Crippen LogP contribution is -2.33. The van der Waals surface area contributed by atoms with Crippen LogP contribution >= 0.6 is 11.3 Å². The van der Waals surface area contributed by atoms with E-state index < -0.39 is 0 Å². The SMILES string of the molecule is CCOC(=O)C[C@H](c1cc(CN2C[C@@H](C)Oc3ccc(=O)[nH]c3[C@@H]2C)c2sccc2c1)c1ccc2c(c1C)NNN2C. The average molecular weight is 588 g/mol. The maximum absolute atomic E-state index is 13.0. The van der Waals surface area contributed by atoms with Crippen molar-refractivity contribution in [2.24, 2.45) is 0 Å². The second kappa shape index (κ2) is 11.4. The summed E-state index contributed by atoms with van der Waals surface area (Å²) in [6.45, 7) is 9.83. The lowest BCUT2D eigenvalue weighted by molar-refractivity contribution is -0.143. The molecule has 2 aromatic carbocycles. The van der Waals surface area contributed by atoms with Crippen molar-refractivity contribution in [1.29, 1.82) is 0 Å². The van der Waals surface area contributed by atoms with E-state index in [0.717, 1.165) is 44.9 Å². The Morgan fingerprint density at radius 2 is 2.02 bits per heavy atom. The van der Waals surface area contributed by atoms with Crippen molar-refractivity contribution in [3.63, 3.8) is 0 Å². The summed E-state index contributed by atoms with van der Waals surface area (Å²) in [6, 6.07) is 14.1. The molecule has 0 saturated heterocycles. The molecule has 0 aliphatic carbocycles. The van der Waals surface area contributed by atoms with Crippen LogP contribution in [0.4, 0.5) is 11.4 Å². The number of nitrogens with zero attached hydrogens (tertiary/aromatic N) is 2. The fraction of sp³-hybridized carbons (Fsp3) is 0.375. The minimum absolute atomic E-state index is 0.0496. The zero-order valence-corrected chi connectivity index (χ0v) is 25.4. The summed E-state index contributed by atoms with van der Waals surface area (Å²) >= 11 is 1.72. The summed E-state index contributed by atoms with van der Waals surface area (Å²) in [5, 5.41) is 5.22. The number of nitrogens with one attached hydrogen (secondary N) is 3. The maximum Gasteiger partial charge on any atom is 0.306 e. The summed E-state index contributed by atoms with van der Waals surface area (Å²) < 4.78 is 12.9. The third-order valence-corrected chi connectivity index (χ3v) is 9.37. The Kier molecular flexibility index (Phi) is 7.69. The van der Waals surface area contributed by atoms with Crippen LogP contribution in [-0.4, -0.2) is 42.2 Å². The van der Waals surface area contributed by atoms with Crippen LogP contribution in [0, 0.1) is 6.92 Å². The number of pyridine rings is 1. The Hall–Kier alpha value is -3.86. The molecule has 3 N–H and O–H groups in total. The molecule has 9 nitrogen and oxygen atoms in total. The van der Waals surface area contributed by atoms with Gasteiger partial charge in [0, 0.05) is 36.8 Å². The number of hydrogen-bond acceptors (Lipinski definition) is 9. The monoisotopic (exact) mass is 587 g/mol. The van der Waals surface area contributed by atoms with E-state index in [1.807, 2.05) is 19.0 Å². The summed E-state index contributed by atoms with van der Waals surface area (Å²) in [4.78, 5) is 30.6. The Morgan fingerprint density at radius 1 is 1.19 bits per heavy atom. The van der Waals surface area contributed by atoms with Gasteiger partial charge in [-0.2, -0.15) is 0 Å². The van der Waals surface area contributed by atoms with Crippen LogP contribution in [0.5, 0.6) is 5.75 Å². The third kappa shape index (κ3) is 5.26. The first-order valence-electron chi connectivity index (χ1n) is 14.4. The minimum atomic E-state index is -0.217. The first-order chi connectivity index (χ1) is 20.2. The van der Waals surface area contributed by atoms with Crippen LogP contribution in [0.25, 0.3) is 10.1 Å². The number of hydrazine groups is 2. The third-order valence-electron chi connectivity index (χ3n) is 8.37. The lowest BCUT2D eigenvalue weighted by atomic mass is 9.84. The Labute approximate surface area is 249 Å². The quantitative estimate of drug-likeness (QED) is 0.240. The smallest absolute Gasteiger partial charge is 0.306 e. The molecule has 42 heavy (non-hydrogen) atoms. The lowest BCUT2D eigenvalue weighted by Gasteiger charge is -2.28. The van der Waals surface area contributed by atoms with Crippen LogP contribution in [0.1, 0.15) is 67.1 Å². The zero-order valence-electron chi connectivity index (χ0n) is 24.6. The highest BCUT2D eigenvalue weighted by atomic mass is 32.1. The van der Waals surface area contributed by atoms with Gasteiger partial charge in [0.05, 0.1) is 36.1 Å². The van der Waals surface area contributed by atoms with Crippen LogP contribution in [-0.2, 0) is 16.1 Å². The largest absolute Gasteiger partial charge is 0.487 e. The molecule has 4 heterocycles. The van der Waals surface area contributed by atoms with E-state index in [2.05, 4.69) is 77.3 Å². The second-order valence-electron chi connectivity index (χ2n) is 11.2. The number of rotatable bonds is 7. The molecule has 0 spiro atoms. The normalized spacial score (nSPS) is 19.0. The van der Waals surface area contributed by atoms with Crippen molar-refractivity contribution >= 4 is 38.8 Å². The minimum Gasteiger partial charge on any atom is -0.487 e. The van der Waals surface area contributed by atoms with Gasteiger partial charge in [-0.15, -0.1) is 16.9 Å². The molecule has 0 bridgehead atoms. The van der Waals surface area contributed by atoms with E-state index in [9.17, 15) is 9.59 Å². The molecule has 0 fully saturated rings. The molecule has 220 valence electrons. The standard InChI is InChI=1S/C32H37N5O4S/c1-6-40-29(39)15-25(24-7-8-26-30(19(24)3)34-35-36(26)5)22-13-21-11-12-42-32(21)23(14-22)17-37-16-18(2)41-27-9-10-28(38)33-31(27)20(37)4/h7-14,18,20,25,34-35H,6,15-17H2,1-5H3,(H,33,38)/t18-,20+,25-/m1/s1. The van der Waals surface area contributed by atoms with E-state index >= 15 is 0 Å². The molecule has 3 atom stereocenters. The topological polar surface area (TPSA) is 98.9 Å². The number of hydrogen-bond donors (Lipinski definition) is 3. The average Bonchev–Trinajstić information content (AvgIpc) is 3.57. The maximum atomic E-state index is 13.0. The fourth-order valence-electron chi connectivity index (χ4n) is 6.26. The first-order valence-corrected chi connectivity index (χ1v) is 15.3. The van der Waals surface area contributed by atoms with Gasteiger partial charge in [-0.1, -0.05) is 12.1 Å². The number of aromatic nitrogens is 1. The van der Waals surface area contributed by atoms with Crippen LogP contribution in [0.15, 0.2) is 52.6 Å². The summed E-state index contributed by atoms with van der Waals surface area (Å²) in [5.74, 6) is 0.318. The van der Waals surface area contributed by atoms with Crippen molar-refractivity contribution in [1.82, 2.24) is 15.4 Å². The number of carbonyl (C=O) groups excluding carboxylic acids is 1. The van der Waals surface area contributed by atoms with E-state index in [1.165, 1.54) is 16.3 Å². The second-order valence-corrected chi connectivity index (χ2v) is 12.1. The van der Waals surface area contributed by atoms with Crippen molar-refractivity contribution in [3.8, 4) is 5.75 Å². The summed E-state index contributed by atoms with van der Waals surface area (Å²) in [6.07, 6.45) is 0.192. The number of fused-ring (bicyclic) bond motifs is 3. The van der Waals surface area contributed by atoms with Gasteiger partial charge >= 0.3 is 5.97 Å². The van der Waals surface area contributed by atoms with Crippen molar-refractivity contribution in [2.45, 2.75) is 58.7 Å². The number of H-pyrrole nitrogens is 1. The molecule has 2 aromatic heterocycles. The van der Waals surface area contributed by atoms with E-state index in [4.69, 9.17) is 9.47 Å². The van der Waals surface area contributed by atoms with Gasteiger partial charge in [0.15, 0.2) is 0 Å². The van der Waals surface area contributed by atoms with Gasteiger partial charge in [-0.3, -0.25) is 19.5 Å². The van der Waals surface area contributed by atoms with Crippen molar-refractivity contribution < 1.29 is 14.3 Å². The molecule has 0 unspecified atom stereocenters. The summed E-state index contributed by atoms with van der Waals surface area (Å²) in [5.41, 5.74) is 13.6. The molecule has 10 heteroatoms. The van der Waals surface area contributed by atoms with E-state index in [0.29, 0.717) is 19.7 Å². The van der Waals surface area contributed by atoms with Gasteiger partial charge in [-0.25, -0.2) is 0 Å². The molecule has 2 aliphatic rings. The van der Waals surface area contributed by atoms with Crippen LogP contribution < -0.4 is 26.3 Å². The molecule has 0 radical (unpaired) electrons. The van der Waals surface area contributed by atoms with Crippen molar-refractivity contribution in [3.05, 3.63) is 86.1 Å². The molecular formula is C32H37N5O4S. The number of thiophene rings is 1. The highest BCUT2D eigenvalue weighted by Crippen LogP contribution is 2.42. The Balaban J connectivity index is 1.43. The molecule has 0 amide bonds. The van der Waals surface area contributed by atoms with E-state index in [-0.39, 0.29) is 36.0 Å². The summed E-state index contributed by atoms with van der Waals surface area (Å²) in [7, 11) is 1.97. The predicted molar refractivity (Wildman–Crippen MR) is 167 cm³/mol. The van der Waals surface area contributed by atoms with Gasteiger partial charge in [0.25, 0.3) is 0 Å². The van der Waals surface area contributed by atoms with Gasteiger partial charge in [0.2, 0.25) is 5.56 Å². The molecule has 4 aromatic rings. The van der Waals surface area contributed by atoms with Crippen LogP contribution in [0.3, 0.4) is 0 Å². The highest BCUT2D eigenvalue weighted by molar-refractivity contribution is 7.17. The number of anilines is 2. The van der Waals surface area contributed by atoms with Crippen molar-refractivity contribution in [2.75, 3.05) is 30.6 Å². The molecular weight excluding hydrogens is 550 g/mol. The fourth-order valence-corrected chi connectivity index (χ4v) is 7.15. The number of esters is 1.